The van der Waals surface area contributed by atoms with E-state index in [1.807, 2.05) is 0 Å². The average Bonchev–Trinajstić information content (AvgIpc) is 2.76. The van der Waals surface area contributed by atoms with Crippen LogP contribution in [0, 0.1) is 0 Å². The molecule has 1 aliphatic rings. The van der Waals surface area contributed by atoms with Crippen LogP contribution < -0.4 is 4.74 Å². The van der Waals surface area contributed by atoms with Crippen LogP contribution in [-0.4, -0.2) is 23.5 Å². The normalized spacial score (nSPS) is 18.3. The lowest BCUT2D eigenvalue weighted by Gasteiger charge is -2.19. The number of halogens is 6. The third-order valence-corrected chi connectivity index (χ3v) is 3.57. The van der Waals surface area contributed by atoms with Gasteiger partial charge in [-0.15, -0.1) is 0 Å². The lowest BCUT2D eigenvalue weighted by atomic mass is 10.1. The fourth-order valence-electron chi connectivity index (χ4n) is 2.17. The van der Waals surface area contributed by atoms with Crippen molar-refractivity contribution in [2.24, 2.45) is 4.99 Å². The van der Waals surface area contributed by atoms with Crippen LogP contribution in [0.1, 0.15) is 38.3 Å². The van der Waals surface area contributed by atoms with Crippen molar-refractivity contribution in [2.45, 2.75) is 51.2 Å². The first-order valence-corrected chi connectivity index (χ1v) is 7.52. The van der Waals surface area contributed by atoms with Gasteiger partial charge in [0.05, 0.1) is 11.1 Å². The van der Waals surface area contributed by atoms with Gasteiger partial charge < -0.3 is 9.47 Å². The first-order valence-electron chi connectivity index (χ1n) is 7.52. The zero-order valence-corrected chi connectivity index (χ0v) is 14.0. The molecule has 1 unspecified atom stereocenters. The number of alkyl halides is 6. The first kappa shape index (κ1) is 20.1. The molecule has 0 radical (unpaired) electrons. The molecule has 0 aromatic heterocycles. The van der Waals surface area contributed by atoms with Gasteiger partial charge in [0, 0.05) is 0 Å². The van der Waals surface area contributed by atoms with Gasteiger partial charge in [0.15, 0.2) is 11.6 Å². The van der Waals surface area contributed by atoms with Crippen LogP contribution >= 0.6 is 0 Å². The molecule has 10 heteroatoms. The van der Waals surface area contributed by atoms with Crippen LogP contribution in [0.5, 0.6) is 5.75 Å². The first-order chi connectivity index (χ1) is 11.7. The van der Waals surface area contributed by atoms with Crippen molar-refractivity contribution < 1.29 is 40.6 Å². The lowest BCUT2D eigenvalue weighted by molar-refractivity contribution is -0.143. The molecule has 0 amide bonds. The van der Waals surface area contributed by atoms with E-state index in [1.165, 1.54) is 13.8 Å². The number of carbonyl (C=O) groups excluding carboxylic acids is 1. The van der Waals surface area contributed by atoms with Crippen LogP contribution in [0.3, 0.4) is 0 Å². The molecule has 1 aromatic rings. The summed E-state index contributed by atoms with van der Waals surface area (Å²) in [5.41, 5.74) is -4.19. The standard InChI is InChI=1S/C16H15F6NO3/c1-4-11(12-23-14(2,3)13(24)26-12)25-10-6-8(15(17,18)19)5-9(7-10)16(20,21)22/h5-7,11H,4H2,1-3H3. The highest BCUT2D eigenvalue weighted by atomic mass is 19.4. The molecule has 0 fully saturated rings. The Morgan fingerprint density at radius 2 is 1.58 bits per heavy atom. The van der Waals surface area contributed by atoms with Crippen molar-refractivity contribution in [1.82, 2.24) is 0 Å². The summed E-state index contributed by atoms with van der Waals surface area (Å²) in [6.07, 6.45) is -11.0. The fraction of sp³-hybridized carbons (Fsp3) is 0.500. The van der Waals surface area contributed by atoms with Crippen molar-refractivity contribution in [2.75, 3.05) is 0 Å². The van der Waals surface area contributed by atoms with Crippen LogP contribution in [0.15, 0.2) is 23.2 Å². The molecular formula is C16H15F6NO3. The largest absolute Gasteiger partial charge is 0.481 e. The maximum absolute atomic E-state index is 12.9. The molecule has 0 N–H and O–H groups in total. The highest BCUT2D eigenvalue weighted by Crippen LogP contribution is 2.38. The zero-order valence-electron chi connectivity index (χ0n) is 14.0. The minimum absolute atomic E-state index is 0.00400. The summed E-state index contributed by atoms with van der Waals surface area (Å²) in [5.74, 6) is -1.52. The molecule has 0 saturated heterocycles. The molecule has 2 rings (SSSR count). The lowest BCUT2D eigenvalue weighted by Crippen LogP contribution is -2.28. The Bertz CT molecular complexity index is 704. The topological polar surface area (TPSA) is 47.9 Å². The number of esters is 1. The summed E-state index contributed by atoms with van der Waals surface area (Å²) in [5, 5.41) is 0. The SMILES string of the molecule is CCC(Oc1cc(C(F)(F)F)cc(C(F)(F)F)c1)C1=NC(C)(C)C(=O)O1. The van der Waals surface area contributed by atoms with Crippen LogP contribution in [0.4, 0.5) is 26.3 Å². The van der Waals surface area contributed by atoms with E-state index in [1.54, 1.807) is 6.92 Å². The quantitative estimate of drug-likeness (QED) is 0.563. The van der Waals surface area contributed by atoms with E-state index in [0.29, 0.717) is 12.1 Å². The molecular weight excluding hydrogens is 368 g/mol. The van der Waals surface area contributed by atoms with Gasteiger partial charge in [0.25, 0.3) is 0 Å². The van der Waals surface area contributed by atoms with E-state index in [0.717, 1.165) is 0 Å². The molecule has 0 aliphatic carbocycles. The third-order valence-electron chi connectivity index (χ3n) is 3.57. The van der Waals surface area contributed by atoms with Crippen molar-refractivity contribution >= 4 is 11.9 Å². The number of benzene rings is 1. The maximum atomic E-state index is 12.9. The number of aliphatic imine (C=N–C) groups is 1. The molecule has 1 aliphatic heterocycles. The molecule has 0 saturated carbocycles. The summed E-state index contributed by atoms with van der Waals surface area (Å²) in [4.78, 5) is 15.6. The van der Waals surface area contributed by atoms with Crippen molar-refractivity contribution in [3.8, 4) is 5.75 Å². The van der Waals surface area contributed by atoms with Crippen molar-refractivity contribution in [1.29, 1.82) is 0 Å². The summed E-state index contributed by atoms with van der Waals surface area (Å²) in [6, 6.07) is 0.921. The van der Waals surface area contributed by atoms with Crippen LogP contribution in [0.25, 0.3) is 0 Å². The molecule has 1 heterocycles. The van der Waals surface area contributed by atoms with Gasteiger partial charge in [-0.3, -0.25) is 0 Å². The number of hydrogen-bond donors (Lipinski definition) is 0. The summed E-state index contributed by atoms with van der Waals surface area (Å²) in [6.45, 7) is 4.48. The van der Waals surface area contributed by atoms with Gasteiger partial charge in [-0.1, -0.05) is 6.92 Å². The van der Waals surface area contributed by atoms with Gasteiger partial charge >= 0.3 is 18.3 Å². The van der Waals surface area contributed by atoms with Gasteiger partial charge in [-0.05, 0) is 38.5 Å². The number of rotatable bonds is 4. The Morgan fingerprint density at radius 3 is 1.92 bits per heavy atom. The summed E-state index contributed by atoms with van der Waals surface area (Å²) in [7, 11) is 0. The fourth-order valence-corrected chi connectivity index (χ4v) is 2.17. The Balaban J connectivity index is 2.40. The zero-order chi connectivity index (χ0) is 19.9. The highest BCUT2D eigenvalue weighted by molar-refractivity contribution is 6.01. The van der Waals surface area contributed by atoms with Crippen LogP contribution in [0.2, 0.25) is 0 Å². The van der Waals surface area contributed by atoms with Crippen molar-refractivity contribution in [3.05, 3.63) is 29.3 Å². The van der Waals surface area contributed by atoms with Gasteiger partial charge in [0.2, 0.25) is 5.90 Å². The highest BCUT2D eigenvalue weighted by Gasteiger charge is 2.41. The van der Waals surface area contributed by atoms with E-state index in [4.69, 9.17) is 9.47 Å². The Kier molecular flexibility index (Phi) is 5.00. The van der Waals surface area contributed by atoms with Gasteiger partial charge in [-0.2, -0.15) is 26.3 Å². The minimum atomic E-state index is -4.99. The van der Waals surface area contributed by atoms with E-state index in [9.17, 15) is 31.1 Å². The number of hydrogen-bond acceptors (Lipinski definition) is 4. The second kappa shape index (κ2) is 6.48. The van der Waals surface area contributed by atoms with Gasteiger partial charge in [0.1, 0.15) is 5.75 Å². The second-order valence-corrected chi connectivity index (χ2v) is 6.15. The Hall–Kier alpha value is -2.26. The van der Waals surface area contributed by atoms with Gasteiger partial charge in [-0.25, -0.2) is 9.79 Å². The number of cyclic esters (lactones) is 1. The Labute approximate surface area is 144 Å². The molecule has 144 valence electrons. The third kappa shape index (κ3) is 4.28. The molecule has 1 aromatic carbocycles. The van der Waals surface area contributed by atoms with E-state index < -0.39 is 46.8 Å². The van der Waals surface area contributed by atoms with E-state index in [2.05, 4.69) is 4.99 Å². The molecule has 4 nitrogen and oxygen atoms in total. The smallest absolute Gasteiger partial charge is 0.416 e. The maximum Gasteiger partial charge on any atom is 0.416 e. The number of ether oxygens (including phenoxy) is 2. The minimum Gasteiger partial charge on any atom is -0.481 e. The van der Waals surface area contributed by atoms with E-state index in [-0.39, 0.29) is 18.4 Å². The summed E-state index contributed by atoms with van der Waals surface area (Å²) < 4.78 is 87.6. The van der Waals surface area contributed by atoms with Crippen LogP contribution in [-0.2, 0) is 21.9 Å². The molecule has 0 spiro atoms. The Morgan fingerprint density at radius 1 is 1.08 bits per heavy atom. The monoisotopic (exact) mass is 383 g/mol. The second-order valence-electron chi connectivity index (χ2n) is 6.15. The predicted molar refractivity (Wildman–Crippen MR) is 78.8 cm³/mol. The average molecular weight is 383 g/mol. The van der Waals surface area contributed by atoms with Crippen molar-refractivity contribution in [3.63, 3.8) is 0 Å². The van der Waals surface area contributed by atoms with E-state index >= 15 is 0 Å². The number of nitrogens with zero attached hydrogens (tertiary/aromatic N) is 1. The summed E-state index contributed by atoms with van der Waals surface area (Å²) >= 11 is 0. The molecule has 26 heavy (non-hydrogen) atoms. The molecule has 0 bridgehead atoms. The molecule has 1 atom stereocenters. The predicted octanol–water partition coefficient (Wildman–Crippen LogP) is 4.62. The number of carbonyl (C=O) groups is 1.